The van der Waals surface area contributed by atoms with E-state index in [0.29, 0.717) is 4.57 Å². The Labute approximate surface area is 78.2 Å². The predicted molar refractivity (Wildman–Crippen MR) is 47.6 cm³/mol. The lowest BCUT2D eigenvalue weighted by Crippen LogP contribution is -2.40. The van der Waals surface area contributed by atoms with Crippen LogP contribution in [-0.2, 0) is 0 Å². The summed E-state index contributed by atoms with van der Waals surface area (Å²) in [5, 5.41) is 0. The Bertz CT molecular complexity index is 509. The number of H-pyrrole nitrogens is 1. The Hall–Kier alpha value is -1.98. The molecule has 0 bridgehead atoms. The highest BCUT2D eigenvalue weighted by molar-refractivity contribution is 5.93. The number of carbonyl (C=O) groups is 2. The second kappa shape index (κ2) is 3.41. The second-order valence-electron chi connectivity index (χ2n) is 2.72. The van der Waals surface area contributed by atoms with E-state index in [4.69, 9.17) is 0 Å². The van der Waals surface area contributed by atoms with E-state index >= 15 is 0 Å². The highest BCUT2D eigenvalue weighted by Crippen LogP contribution is 1.87. The van der Waals surface area contributed by atoms with Crippen molar-refractivity contribution in [2.24, 2.45) is 0 Å². The van der Waals surface area contributed by atoms with Gasteiger partial charge < -0.3 is 4.98 Å². The monoisotopic (exact) mass is 196 g/mol. The maximum atomic E-state index is 11.4. The molecule has 0 fully saturated rings. The van der Waals surface area contributed by atoms with Crippen molar-refractivity contribution in [3.63, 3.8) is 0 Å². The van der Waals surface area contributed by atoms with Gasteiger partial charge in [0, 0.05) is 13.1 Å². The number of aromatic nitrogens is 2. The number of hydrogen-bond acceptors (Lipinski definition) is 4. The lowest BCUT2D eigenvalue weighted by atomic mass is 10.2. The van der Waals surface area contributed by atoms with Crippen molar-refractivity contribution in [2.75, 3.05) is 0 Å². The van der Waals surface area contributed by atoms with Gasteiger partial charge in [0.1, 0.15) is 0 Å². The maximum absolute atomic E-state index is 11.4. The molecule has 0 amide bonds. The first-order valence-corrected chi connectivity index (χ1v) is 3.81. The van der Waals surface area contributed by atoms with Crippen molar-refractivity contribution < 1.29 is 9.59 Å². The second-order valence-corrected chi connectivity index (χ2v) is 2.72. The molecule has 0 atom stereocenters. The summed E-state index contributed by atoms with van der Waals surface area (Å²) in [5.41, 5.74) is -1.93. The van der Waals surface area contributed by atoms with Gasteiger partial charge in [0.15, 0.2) is 5.78 Å². The predicted octanol–water partition coefficient (Wildman–Crippen LogP) is -0.601. The van der Waals surface area contributed by atoms with E-state index in [1.54, 1.807) is 0 Å². The van der Waals surface area contributed by atoms with Crippen LogP contribution in [0.4, 0.5) is 0 Å². The van der Waals surface area contributed by atoms with E-state index in [9.17, 15) is 19.2 Å². The Kier molecular flexibility index (Phi) is 2.46. The summed E-state index contributed by atoms with van der Waals surface area (Å²) in [5.74, 6) is -1.22. The van der Waals surface area contributed by atoms with Gasteiger partial charge in [-0.3, -0.25) is 14.4 Å². The van der Waals surface area contributed by atoms with E-state index in [0.717, 1.165) is 13.1 Å². The zero-order valence-electron chi connectivity index (χ0n) is 7.66. The normalized spacial score (nSPS) is 9.86. The molecule has 0 aliphatic carbocycles. The van der Waals surface area contributed by atoms with E-state index in [-0.39, 0.29) is 5.56 Å². The van der Waals surface area contributed by atoms with Gasteiger partial charge in [0.25, 0.3) is 5.56 Å². The van der Waals surface area contributed by atoms with Gasteiger partial charge >= 0.3 is 5.69 Å². The van der Waals surface area contributed by atoms with Crippen LogP contribution >= 0.6 is 0 Å². The van der Waals surface area contributed by atoms with Crippen LogP contribution < -0.4 is 11.2 Å². The molecule has 1 rings (SSSR count). The third kappa shape index (κ3) is 1.54. The minimum atomic E-state index is -0.881. The molecule has 6 heteroatoms. The van der Waals surface area contributed by atoms with Gasteiger partial charge in [-0.15, -0.1) is 0 Å². The molecule has 6 nitrogen and oxygen atoms in total. The summed E-state index contributed by atoms with van der Waals surface area (Å²) >= 11 is 0. The lowest BCUT2D eigenvalue weighted by molar-refractivity contribution is 0.0926. The Morgan fingerprint density at radius 3 is 2.29 bits per heavy atom. The first kappa shape index (κ1) is 10.1. The van der Waals surface area contributed by atoms with Crippen LogP contribution in [0.25, 0.3) is 0 Å². The molecule has 0 radical (unpaired) electrons. The fraction of sp³-hybridized carbons (Fsp3) is 0.250. The summed E-state index contributed by atoms with van der Waals surface area (Å²) in [6, 6.07) is 0. The van der Waals surface area contributed by atoms with Crippen molar-refractivity contribution in [1.29, 1.82) is 0 Å². The number of nitrogens with zero attached hydrogens (tertiary/aromatic N) is 1. The van der Waals surface area contributed by atoms with Gasteiger partial charge in [-0.05, 0) is 6.92 Å². The van der Waals surface area contributed by atoms with E-state index in [1.807, 2.05) is 0 Å². The summed E-state index contributed by atoms with van der Waals surface area (Å²) in [7, 11) is 0. The largest absolute Gasteiger partial charge is 0.335 e. The molecule has 0 aromatic carbocycles. The topological polar surface area (TPSA) is 89.0 Å². The van der Waals surface area contributed by atoms with Gasteiger partial charge in [0.05, 0.1) is 5.56 Å². The van der Waals surface area contributed by atoms with E-state index in [1.165, 1.54) is 6.92 Å². The van der Waals surface area contributed by atoms with Crippen molar-refractivity contribution in [1.82, 2.24) is 9.55 Å². The number of Topliss-reactive ketones (excluding diaryl/α,β-unsaturated/α-hetero) is 1. The molecule has 14 heavy (non-hydrogen) atoms. The zero-order valence-corrected chi connectivity index (χ0v) is 7.66. The first-order chi connectivity index (χ1) is 6.45. The molecule has 0 saturated heterocycles. The number of aromatic amines is 1. The van der Waals surface area contributed by atoms with Crippen molar-refractivity contribution >= 4 is 11.7 Å². The minimum absolute atomic E-state index is 0.209. The molecule has 1 aromatic rings. The SMILES string of the molecule is CC(=O)c1c[nH]c(=O)n(C(C)=O)c1=O. The molecule has 0 unspecified atom stereocenters. The third-order valence-corrected chi connectivity index (χ3v) is 1.67. The van der Waals surface area contributed by atoms with Crippen LogP contribution in [0.1, 0.15) is 29.0 Å². The maximum Gasteiger partial charge on any atom is 0.335 e. The number of rotatable bonds is 1. The van der Waals surface area contributed by atoms with Gasteiger partial charge in [-0.2, -0.15) is 4.57 Å². The fourth-order valence-electron chi connectivity index (χ4n) is 1.01. The van der Waals surface area contributed by atoms with Crippen LogP contribution in [0, 0.1) is 0 Å². The molecule has 0 saturated carbocycles. The average Bonchev–Trinajstić information content (AvgIpc) is 2.02. The van der Waals surface area contributed by atoms with E-state index < -0.39 is 22.9 Å². The van der Waals surface area contributed by atoms with Crippen LogP contribution in [-0.4, -0.2) is 21.2 Å². The number of ketones is 1. The summed E-state index contributed by atoms with van der Waals surface area (Å²) < 4.78 is 0.386. The average molecular weight is 196 g/mol. The fourth-order valence-corrected chi connectivity index (χ4v) is 1.01. The van der Waals surface area contributed by atoms with Crippen molar-refractivity contribution in [3.05, 3.63) is 32.6 Å². The summed E-state index contributed by atoms with van der Waals surface area (Å²) in [6.45, 7) is 2.25. The zero-order chi connectivity index (χ0) is 10.9. The van der Waals surface area contributed by atoms with Gasteiger partial charge in [-0.25, -0.2) is 4.79 Å². The first-order valence-electron chi connectivity index (χ1n) is 3.81. The highest BCUT2D eigenvalue weighted by atomic mass is 16.2. The Balaban J connectivity index is 3.67. The number of carbonyl (C=O) groups excluding carboxylic acids is 2. The standard InChI is InChI=1S/C8H8N2O4/c1-4(11)6-3-9-8(14)10(5(2)12)7(6)13/h3H,1-2H3,(H,9,14). The molecule has 0 spiro atoms. The Morgan fingerprint density at radius 2 is 1.86 bits per heavy atom. The number of nitrogens with one attached hydrogen (secondary N) is 1. The molecule has 1 aromatic heterocycles. The molecular weight excluding hydrogens is 188 g/mol. The van der Waals surface area contributed by atoms with Gasteiger partial charge in [0.2, 0.25) is 5.91 Å². The smallest absolute Gasteiger partial charge is 0.313 e. The third-order valence-electron chi connectivity index (χ3n) is 1.67. The lowest BCUT2D eigenvalue weighted by Gasteiger charge is -1.99. The summed E-state index contributed by atoms with van der Waals surface area (Å²) in [6.07, 6.45) is 1.01. The molecule has 0 aliphatic rings. The van der Waals surface area contributed by atoms with Crippen LogP contribution in [0.3, 0.4) is 0 Å². The van der Waals surface area contributed by atoms with Crippen molar-refractivity contribution in [3.8, 4) is 0 Å². The molecule has 74 valence electrons. The molecular formula is C8H8N2O4. The Morgan fingerprint density at radius 1 is 1.29 bits per heavy atom. The minimum Gasteiger partial charge on any atom is -0.313 e. The quantitative estimate of drug-likeness (QED) is 0.607. The van der Waals surface area contributed by atoms with Crippen LogP contribution in [0.15, 0.2) is 15.8 Å². The van der Waals surface area contributed by atoms with Crippen LogP contribution in [0.2, 0.25) is 0 Å². The van der Waals surface area contributed by atoms with Crippen LogP contribution in [0.5, 0.6) is 0 Å². The van der Waals surface area contributed by atoms with Gasteiger partial charge in [-0.1, -0.05) is 0 Å². The molecule has 0 aliphatic heterocycles. The van der Waals surface area contributed by atoms with E-state index in [2.05, 4.69) is 4.98 Å². The summed E-state index contributed by atoms with van der Waals surface area (Å²) in [4.78, 5) is 46.3. The highest BCUT2D eigenvalue weighted by Gasteiger charge is 2.12. The molecule has 1 heterocycles. The van der Waals surface area contributed by atoms with Crippen molar-refractivity contribution in [2.45, 2.75) is 13.8 Å². The molecule has 1 N–H and O–H groups in total. The number of hydrogen-bond donors (Lipinski definition) is 1.